The van der Waals surface area contributed by atoms with Crippen molar-refractivity contribution in [2.75, 3.05) is 0 Å². The van der Waals surface area contributed by atoms with E-state index in [1.165, 1.54) is 12.1 Å². The van der Waals surface area contributed by atoms with Gasteiger partial charge in [-0.15, -0.1) is 0 Å². The van der Waals surface area contributed by atoms with Gasteiger partial charge in [-0.25, -0.2) is 4.39 Å². The van der Waals surface area contributed by atoms with Crippen LogP contribution in [0.2, 0.25) is 0 Å². The first kappa shape index (κ1) is 14.9. The summed E-state index contributed by atoms with van der Waals surface area (Å²) in [5.41, 5.74) is 2.67. The Bertz CT molecular complexity index is 928. The molecule has 0 radical (unpaired) electrons. The lowest BCUT2D eigenvalue weighted by Gasteiger charge is -2.30. The van der Waals surface area contributed by atoms with Gasteiger partial charge >= 0.3 is 0 Å². The molecule has 0 spiro atoms. The average Bonchev–Trinajstić information content (AvgIpc) is 2.81. The van der Waals surface area contributed by atoms with E-state index in [4.69, 9.17) is 0 Å². The largest absolute Gasteiger partial charge is 0.505 e. The zero-order valence-electron chi connectivity index (χ0n) is 13.5. The van der Waals surface area contributed by atoms with E-state index in [1.807, 2.05) is 12.3 Å². The van der Waals surface area contributed by atoms with Gasteiger partial charge in [0.15, 0.2) is 11.6 Å². The molecule has 1 aromatic carbocycles. The summed E-state index contributed by atoms with van der Waals surface area (Å²) >= 11 is 0. The zero-order chi connectivity index (χ0) is 16.8. The number of aliphatic imine (C=N–C) groups is 1. The molecule has 1 aliphatic heterocycles. The molecule has 1 fully saturated rings. The normalized spacial score (nSPS) is 20.7. The monoisotopic (exact) mass is 323 g/mol. The SMILES string of the molecule is CC1C=NC(c2c(C#N)c3cc(F)c(O)cc3n2C2CCC2)=CC1. The van der Waals surface area contributed by atoms with Crippen molar-refractivity contribution in [3.8, 4) is 11.8 Å². The minimum absolute atomic E-state index is 0.268. The van der Waals surface area contributed by atoms with Crippen LogP contribution in [0, 0.1) is 23.1 Å². The van der Waals surface area contributed by atoms with Crippen LogP contribution in [0.25, 0.3) is 16.6 Å². The molecule has 24 heavy (non-hydrogen) atoms. The van der Waals surface area contributed by atoms with E-state index >= 15 is 0 Å². The van der Waals surface area contributed by atoms with Crippen LogP contribution in [0.3, 0.4) is 0 Å². The van der Waals surface area contributed by atoms with Gasteiger partial charge in [0.1, 0.15) is 6.07 Å². The molecule has 0 bridgehead atoms. The molecule has 1 aliphatic carbocycles. The fourth-order valence-corrected chi connectivity index (χ4v) is 3.48. The van der Waals surface area contributed by atoms with Crippen LogP contribution >= 0.6 is 0 Å². The molecule has 1 unspecified atom stereocenters. The summed E-state index contributed by atoms with van der Waals surface area (Å²) in [7, 11) is 0. The van der Waals surface area contributed by atoms with Crippen molar-refractivity contribution in [3.63, 3.8) is 0 Å². The second kappa shape index (κ2) is 5.48. The van der Waals surface area contributed by atoms with Crippen molar-refractivity contribution < 1.29 is 9.50 Å². The molecule has 2 aliphatic rings. The molecule has 122 valence electrons. The predicted molar refractivity (Wildman–Crippen MR) is 91.4 cm³/mol. The van der Waals surface area contributed by atoms with Crippen LogP contribution in [0.5, 0.6) is 5.75 Å². The Hall–Kier alpha value is -2.61. The number of rotatable bonds is 2. The summed E-state index contributed by atoms with van der Waals surface area (Å²) in [4.78, 5) is 4.54. The number of allylic oxidation sites excluding steroid dienone is 1. The van der Waals surface area contributed by atoms with Gasteiger partial charge in [-0.3, -0.25) is 4.99 Å². The van der Waals surface area contributed by atoms with Crippen LogP contribution in [0.15, 0.2) is 23.2 Å². The van der Waals surface area contributed by atoms with E-state index in [2.05, 4.69) is 22.6 Å². The summed E-state index contributed by atoms with van der Waals surface area (Å²) in [6.45, 7) is 2.09. The van der Waals surface area contributed by atoms with Crippen molar-refractivity contribution in [1.82, 2.24) is 4.57 Å². The van der Waals surface area contributed by atoms with Gasteiger partial charge in [0.2, 0.25) is 0 Å². The molecular weight excluding hydrogens is 305 g/mol. The van der Waals surface area contributed by atoms with Crippen LogP contribution in [-0.4, -0.2) is 15.9 Å². The van der Waals surface area contributed by atoms with Gasteiger partial charge in [-0.2, -0.15) is 5.26 Å². The number of nitriles is 1. The molecule has 4 nitrogen and oxygen atoms in total. The number of hydrogen-bond acceptors (Lipinski definition) is 3. The number of aromatic hydroxyl groups is 1. The minimum Gasteiger partial charge on any atom is -0.505 e. The third-order valence-electron chi connectivity index (χ3n) is 5.02. The smallest absolute Gasteiger partial charge is 0.165 e. The van der Waals surface area contributed by atoms with Gasteiger partial charge in [-0.1, -0.05) is 13.0 Å². The maximum Gasteiger partial charge on any atom is 0.165 e. The molecule has 1 atom stereocenters. The highest BCUT2D eigenvalue weighted by molar-refractivity contribution is 5.95. The van der Waals surface area contributed by atoms with Gasteiger partial charge in [0.05, 0.1) is 22.5 Å². The van der Waals surface area contributed by atoms with Gasteiger partial charge in [-0.05, 0) is 37.7 Å². The number of halogens is 1. The Morgan fingerprint density at radius 3 is 2.75 bits per heavy atom. The maximum absolute atomic E-state index is 13.9. The number of phenolic OH excluding ortho intramolecular Hbond substituents is 1. The predicted octanol–water partition coefficient (Wildman–Crippen LogP) is 4.53. The Morgan fingerprint density at radius 1 is 1.38 bits per heavy atom. The van der Waals surface area contributed by atoms with E-state index in [1.54, 1.807) is 0 Å². The molecular formula is C19H18FN3O. The van der Waals surface area contributed by atoms with E-state index in [0.29, 0.717) is 22.4 Å². The van der Waals surface area contributed by atoms with E-state index < -0.39 is 5.82 Å². The first-order chi connectivity index (χ1) is 11.6. The minimum atomic E-state index is -0.703. The number of hydrogen-bond donors (Lipinski definition) is 1. The summed E-state index contributed by atoms with van der Waals surface area (Å²) < 4.78 is 16.0. The first-order valence-corrected chi connectivity index (χ1v) is 8.31. The van der Waals surface area contributed by atoms with E-state index in [0.717, 1.165) is 37.1 Å². The number of phenols is 1. The molecule has 1 aromatic heterocycles. The Morgan fingerprint density at radius 2 is 2.17 bits per heavy atom. The molecule has 2 aromatic rings. The highest BCUT2D eigenvalue weighted by Crippen LogP contribution is 2.42. The highest BCUT2D eigenvalue weighted by Gasteiger charge is 2.29. The number of benzene rings is 1. The third-order valence-corrected chi connectivity index (χ3v) is 5.02. The lowest BCUT2D eigenvalue weighted by molar-refractivity contribution is 0.319. The molecule has 0 amide bonds. The summed E-state index contributed by atoms with van der Waals surface area (Å²) in [5, 5.41) is 20.1. The van der Waals surface area contributed by atoms with Gasteiger partial charge < -0.3 is 9.67 Å². The van der Waals surface area contributed by atoms with Crippen LogP contribution in [-0.2, 0) is 0 Å². The molecule has 1 N–H and O–H groups in total. The highest BCUT2D eigenvalue weighted by atomic mass is 19.1. The first-order valence-electron chi connectivity index (χ1n) is 8.31. The van der Waals surface area contributed by atoms with Gasteiger partial charge in [0, 0.05) is 23.7 Å². The van der Waals surface area contributed by atoms with Gasteiger partial charge in [0.25, 0.3) is 0 Å². The fraction of sp³-hybridized carbons (Fsp3) is 0.368. The summed E-state index contributed by atoms with van der Waals surface area (Å²) in [6, 6.07) is 5.20. The quantitative estimate of drug-likeness (QED) is 0.882. The van der Waals surface area contributed by atoms with Crippen molar-refractivity contribution in [2.24, 2.45) is 10.9 Å². The molecule has 2 heterocycles. The fourth-order valence-electron chi connectivity index (χ4n) is 3.48. The van der Waals surface area contributed by atoms with Crippen molar-refractivity contribution in [3.05, 3.63) is 35.3 Å². The zero-order valence-corrected chi connectivity index (χ0v) is 13.5. The Balaban J connectivity index is 2.04. The average molecular weight is 323 g/mol. The van der Waals surface area contributed by atoms with Crippen LogP contribution in [0.1, 0.15) is 49.9 Å². The molecule has 0 saturated heterocycles. The number of nitrogens with zero attached hydrogens (tertiary/aromatic N) is 3. The number of fused-ring (bicyclic) bond motifs is 1. The Labute approximate surface area is 139 Å². The lowest BCUT2D eigenvalue weighted by Crippen LogP contribution is -2.19. The molecule has 5 heteroatoms. The Kier molecular flexibility index (Phi) is 3.42. The van der Waals surface area contributed by atoms with Crippen molar-refractivity contribution in [2.45, 2.75) is 38.6 Å². The van der Waals surface area contributed by atoms with Crippen molar-refractivity contribution in [1.29, 1.82) is 5.26 Å². The molecule has 1 saturated carbocycles. The summed E-state index contributed by atoms with van der Waals surface area (Å²) in [6.07, 6.45) is 8.00. The standard InChI is InChI=1S/C19H18FN3O/c1-11-5-6-16(22-10-11)19-14(9-21)13-7-15(20)18(24)8-17(13)23(19)12-3-2-4-12/h6-8,10-12,24H,2-5H2,1H3. The second-order valence-corrected chi connectivity index (χ2v) is 6.69. The maximum atomic E-state index is 13.9. The third kappa shape index (κ3) is 2.14. The lowest BCUT2D eigenvalue weighted by atomic mass is 9.92. The van der Waals surface area contributed by atoms with Crippen LogP contribution in [0.4, 0.5) is 4.39 Å². The molecule has 4 rings (SSSR count). The second-order valence-electron chi connectivity index (χ2n) is 6.69. The van der Waals surface area contributed by atoms with E-state index in [9.17, 15) is 14.8 Å². The number of aromatic nitrogens is 1. The van der Waals surface area contributed by atoms with Crippen LogP contribution < -0.4 is 0 Å². The van der Waals surface area contributed by atoms with E-state index in [-0.39, 0.29) is 11.8 Å². The van der Waals surface area contributed by atoms with Crippen molar-refractivity contribution >= 4 is 22.8 Å². The topological polar surface area (TPSA) is 61.3 Å². The summed E-state index contributed by atoms with van der Waals surface area (Å²) in [5.74, 6) is -0.709.